The minimum Gasteiger partial charge on any atom is -0.463 e. The van der Waals surface area contributed by atoms with E-state index >= 15 is 0 Å². The Morgan fingerprint density at radius 2 is 0.918 bits per heavy atom. The van der Waals surface area contributed by atoms with Gasteiger partial charge in [-0.1, -0.05) is 166 Å². The van der Waals surface area contributed by atoms with E-state index < -0.39 is 6.10 Å². The molecule has 6 heteroatoms. The molecule has 1 saturated heterocycles. The maximum atomic E-state index is 12.0. The van der Waals surface area contributed by atoms with Gasteiger partial charge in [-0.05, 0) is 51.4 Å². The van der Waals surface area contributed by atoms with E-state index in [4.69, 9.17) is 14.2 Å². The molecule has 1 rings (SSSR count). The normalized spacial score (nSPS) is 16.6. The number of unbranched alkanes of at least 4 members (excludes halogenated alkanes) is 20. The minimum absolute atomic E-state index is 0.134. The fourth-order valence-corrected chi connectivity index (χ4v) is 6.00. The zero-order valence-electron chi connectivity index (χ0n) is 31.9. The lowest BCUT2D eigenvalue weighted by molar-refractivity contribution is -0.152. The number of rotatable bonds is 36. The van der Waals surface area contributed by atoms with Crippen LogP contribution in [-0.2, 0) is 23.8 Å². The van der Waals surface area contributed by atoms with Crippen LogP contribution in [0.15, 0.2) is 36.5 Å². The zero-order chi connectivity index (χ0) is 35.5. The number of esters is 2. The predicted molar refractivity (Wildman–Crippen MR) is 205 cm³/mol. The summed E-state index contributed by atoms with van der Waals surface area (Å²) in [6.07, 6.45) is 45.2. The van der Waals surface area contributed by atoms with E-state index in [1.165, 1.54) is 116 Å². The number of aliphatic hydroxyl groups is 1. The van der Waals surface area contributed by atoms with E-state index in [-0.39, 0.29) is 25.2 Å². The van der Waals surface area contributed by atoms with Crippen molar-refractivity contribution in [2.45, 2.75) is 212 Å². The number of carbonyl (C=O) groups is 2. The van der Waals surface area contributed by atoms with Gasteiger partial charge < -0.3 is 19.3 Å². The first-order chi connectivity index (χ1) is 24.1. The first kappa shape index (κ1) is 45.1. The van der Waals surface area contributed by atoms with E-state index in [0.29, 0.717) is 31.5 Å². The molecule has 1 heterocycles. The lowest BCUT2D eigenvalue weighted by Gasteiger charge is -2.12. The standard InChI is InChI=1S/C43H76O6/c1-3-5-7-9-11-12-13-14-15-16-17-18-19-20-23-27-31-35-42(45)47-37-39(44)38-48-43(46)36-32-28-24-21-22-26-30-34-41-40(49-41)33-29-25-10-8-6-4-2/h21,24-26,29-30,39-41,44H,3-20,22-23,27-28,31-38H2,1-2H3/b24-21-,29-25-,30-26-/t39-,40?,41?/m1/s1. The molecule has 1 aliphatic rings. The van der Waals surface area contributed by atoms with Crippen molar-refractivity contribution >= 4 is 11.9 Å². The molecule has 0 bridgehead atoms. The van der Waals surface area contributed by atoms with Gasteiger partial charge in [-0.3, -0.25) is 9.59 Å². The fraction of sp³-hybridized carbons (Fsp3) is 0.814. The summed E-state index contributed by atoms with van der Waals surface area (Å²) in [5.74, 6) is -0.629. The Bertz CT molecular complexity index is 849. The second-order valence-electron chi connectivity index (χ2n) is 14.1. The highest BCUT2D eigenvalue weighted by Crippen LogP contribution is 2.29. The van der Waals surface area contributed by atoms with Crippen LogP contribution in [0.25, 0.3) is 0 Å². The van der Waals surface area contributed by atoms with Crippen LogP contribution in [0.2, 0.25) is 0 Å². The van der Waals surface area contributed by atoms with Crippen molar-refractivity contribution in [1.29, 1.82) is 0 Å². The molecule has 0 amide bonds. The number of allylic oxidation sites excluding steroid dienone is 4. The molecule has 3 atom stereocenters. The van der Waals surface area contributed by atoms with Crippen molar-refractivity contribution in [2.24, 2.45) is 0 Å². The molecule has 1 N–H and O–H groups in total. The summed E-state index contributed by atoms with van der Waals surface area (Å²) in [5.41, 5.74) is 0. The Morgan fingerprint density at radius 1 is 0.531 bits per heavy atom. The van der Waals surface area contributed by atoms with Crippen molar-refractivity contribution in [3.63, 3.8) is 0 Å². The topological polar surface area (TPSA) is 85.4 Å². The number of hydrogen-bond donors (Lipinski definition) is 1. The van der Waals surface area contributed by atoms with E-state index in [2.05, 4.69) is 50.3 Å². The maximum absolute atomic E-state index is 12.0. The summed E-state index contributed by atoms with van der Waals surface area (Å²) in [4.78, 5) is 24.0. The number of carbonyl (C=O) groups excluding carboxylic acids is 2. The quantitative estimate of drug-likeness (QED) is 0.0305. The second kappa shape index (κ2) is 34.5. The number of hydrogen-bond acceptors (Lipinski definition) is 6. The molecule has 0 aromatic rings. The SMILES string of the molecule is CCCCC/C=C\CC1OC1C/C=C\C/C=C\CCCC(=O)OC[C@H](O)COC(=O)CCCCCCCCCCCCCCCCCCC. The molecule has 2 unspecified atom stereocenters. The molecule has 284 valence electrons. The smallest absolute Gasteiger partial charge is 0.305 e. The largest absolute Gasteiger partial charge is 0.463 e. The van der Waals surface area contributed by atoms with Gasteiger partial charge in [-0.25, -0.2) is 0 Å². The Hall–Kier alpha value is -1.92. The third kappa shape index (κ3) is 31.8. The van der Waals surface area contributed by atoms with Crippen molar-refractivity contribution in [1.82, 2.24) is 0 Å². The molecule has 0 aliphatic carbocycles. The van der Waals surface area contributed by atoms with Crippen LogP contribution < -0.4 is 0 Å². The number of ether oxygens (including phenoxy) is 3. The van der Waals surface area contributed by atoms with Crippen LogP contribution in [0.3, 0.4) is 0 Å². The monoisotopic (exact) mass is 689 g/mol. The van der Waals surface area contributed by atoms with Crippen molar-refractivity contribution in [3.05, 3.63) is 36.5 Å². The average molecular weight is 689 g/mol. The van der Waals surface area contributed by atoms with Crippen molar-refractivity contribution < 1.29 is 28.9 Å². The first-order valence-corrected chi connectivity index (χ1v) is 20.7. The summed E-state index contributed by atoms with van der Waals surface area (Å²) in [6.45, 7) is 4.23. The third-order valence-corrected chi connectivity index (χ3v) is 9.28. The van der Waals surface area contributed by atoms with Gasteiger partial charge >= 0.3 is 11.9 Å². The summed E-state index contributed by atoms with van der Waals surface area (Å²) >= 11 is 0. The molecule has 0 saturated carbocycles. The number of aliphatic hydroxyl groups excluding tert-OH is 1. The highest BCUT2D eigenvalue weighted by atomic mass is 16.6. The Morgan fingerprint density at radius 3 is 1.45 bits per heavy atom. The Balaban J connectivity index is 1.84. The first-order valence-electron chi connectivity index (χ1n) is 20.7. The van der Waals surface area contributed by atoms with Crippen molar-refractivity contribution in [3.8, 4) is 0 Å². The summed E-state index contributed by atoms with van der Waals surface area (Å²) in [7, 11) is 0. The van der Waals surface area contributed by atoms with Crippen LogP contribution >= 0.6 is 0 Å². The van der Waals surface area contributed by atoms with Gasteiger partial charge in [0, 0.05) is 12.8 Å². The number of epoxide rings is 1. The van der Waals surface area contributed by atoms with Gasteiger partial charge in [0.1, 0.15) is 19.3 Å². The van der Waals surface area contributed by atoms with Crippen LogP contribution in [0.5, 0.6) is 0 Å². The van der Waals surface area contributed by atoms with Crippen LogP contribution in [0.1, 0.15) is 194 Å². The van der Waals surface area contributed by atoms with E-state index in [1.54, 1.807) is 0 Å². The minimum atomic E-state index is -0.988. The summed E-state index contributed by atoms with van der Waals surface area (Å²) < 4.78 is 16.0. The van der Waals surface area contributed by atoms with Gasteiger partial charge in [0.15, 0.2) is 0 Å². The summed E-state index contributed by atoms with van der Waals surface area (Å²) in [5, 5.41) is 10.0. The molecular formula is C43H76O6. The summed E-state index contributed by atoms with van der Waals surface area (Å²) in [6, 6.07) is 0. The molecule has 0 spiro atoms. The molecule has 1 fully saturated rings. The van der Waals surface area contributed by atoms with Crippen LogP contribution in [-0.4, -0.2) is 48.6 Å². The Labute approximate surface area is 301 Å². The molecule has 6 nitrogen and oxygen atoms in total. The molecule has 0 aromatic heterocycles. The zero-order valence-corrected chi connectivity index (χ0v) is 31.9. The molecule has 49 heavy (non-hydrogen) atoms. The van der Waals surface area contributed by atoms with E-state index in [0.717, 1.165) is 44.9 Å². The predicted octanol–water partition coefficient (Wildman–Crippen LogP) is 11.8. The van der Waals surface area contributed by atoms with Crippen molar-refractivity contribution in [2.75, 3.05) is 13.2 Å². The lowest BCUT2D eigenvalue weighted by Crippen LogP contribution is -2.25. The van der Waals surface area contributed by atoms with Gasteiger partial charge in [-0.2, -0.15) is 0 Å². The van der Waals surface area contributed by atoms with Gasteiger partial charge in [0.05, 0.1) is 12.2 Å². The Kier molecular flexibility index (Phi) is 31.8. The highest BCUT2D eigenvalue weighted by Gasteiger charge is 2.35. The highest BCUT2D eigenvalue weighted by molar-refractivity contribution is 5.69. The van der Waals surface area contributed by atoms with Gasteiger partial charge in [-0.15, -0.1) is 0 Å². The molecule has 0 radical (unpaired) electrons. The third-order valence-electron chi connectivity index (χ3n) is 9.28. The second-order valence-corrected chi connectivity index (χ2v) is 14.1. The van der Waals surface area contributed by atoms with Gasteiger partial charge in [0.25, 0.3) is 0 Å². The van der Waals surface area contributed by atoms with E-state index in [1.807, 2.05) is 0 Å². The lowest BCUT2D eigenvalue weighted by atomic mass is 10.0. The van der Waals surface area contributed by atoms with Crippen LogP contribution in [0.4, 0.5) is 0 Å². The van der Waals surface area contributed by atoms with Gasteiger partial charge in [0.2, 0.25) is 0 Å². The fourth-order valence-electron chi connectivity index (χ4n) is 6.00. The molecule has 0 aromatic carbocycles. The van der Waals surface area contributed by atoms with E-state index in [9.17, 15) is 14.7 Å². The molecule has 1 aliphatic heterocycles. The average Bonchev–Trinajstić information content (AvgIpc) is 3.86. The van der Waals surface area contributed by atoms with Crippen LogP contribution in [0, 0.1) is 0 Å². The molecular weight excluding hydrogens is 612 g/mol. The maximum Gasteiger partial charge on any atom is 0.305 e.